The summed E-state index contributed by atoms with van der Waals surface area (Å²) in [5.74, 6) is 0.296. The Kier molecular flexibility index (Phi) is 9.04. The Bertz CT molecular complexity index is 909. The molecule has 2 aromatic rings. The second-order valence-corrected chi connectivity index (χ2v) is 11.0. The molecule has 0 saturated heterocycles. The number of pyridine rings is 1. The summed E-state index contributed by atoms with van der Waals surface area (Å²) in [4.78, 5) is 18.5. The van der Waals surface area contributed by atoms with Crippen LogP contribution in [0.4, 0.5) is 0 Å². The van der Waals surface area contributed by atoms with Gasteiger partial charge in [-0.2, -0.15) is 0 Å². The third kappa shape index (κ3) is 6.97. The average molecular weight is 475 g/mol. The Balaban J connectivity index is 1.76. The summed E-state index contributed by atoms with van der Waals surface area (Å²) in [5.41, 5.74) is 4.73. The molecule has 0 fully saturated rings. The van der Waals surface area contributed by atoms with Crippen molar-refractivity contribution in [1.82, 2.24) is 10.3 Å². The molecule has 0 spiro atoms. The maximum atomic E-state index is 12.8. The summed E-state index contributed by atoms with van der Waals surface area (Å²) >= 11 is 8.33. The van der Waals surface area contributed by atoms with Crippen LogP contribution in [0.1, 0.15) is 68.8 Å². The van der Waals surface area contributed by atoms with Gasteiger partial charge in [0.2, 0.25) is 0 Å². The van der Waals surface area contributed by atoms with E-state index >= 15 is 0 Å². The van der Waals surface area contributed by atoms with Gasteiger partial charge < -0.3 is 10.1 Å². The normalized spacial score (nSPS) is 16.3. The number of ether oxygens (including phenoxy) is 1. The Morgan fingerprint density at radius 1 is 1.28 bits per heavy atom. The van der Waals surface area contributed by atoms with Crippen molar-refractivity contribution in [2.24, 2.45) is 5.41 Å². The third-order valence-electron chi connectivity index (χ3n) is 5.54. The maximum Gasteiger partial charge on any atom is 0.314 e. The van der Waals surface area contributed by atoms with E-state index in [1.165, 1.54) is 5.56 Å². The van der Waals surface area contributed by atoms with Crippen molar-refractivity contribution >= 4 is 29.3 Å². The molecule has 1 N–H and O–H groups in total. The number of thioether (sulfide) groups is 1. The van der Waals surface area contributed by atoms with Gasteiger partial charge in [-0.05, 0) is 60.0 Å². The van der Waals surface area contributed by atoms with Gasteiger partial charge in [0.25, 0.3) is 0 Å². The first kappa shape index (κ1) is 25.1. The predicted molar refractivity (Wildman–Crippen MR) is 134 cm³/mol. The van der Waals surface area contributed by atoms with Crippen LogP contribution in [0.15, 0.2) is 35.4 Å². The molecule has 4 nitrogen and oxygen atoms in total. The maximum absolute atomic E-state index is 12.8. The van der Waals surface area contributed by atoms with Crippen LogP contribution in [-0.4, -0.2) is 30.6 Å². The third-order valence-corrected chi connectivity index (χ3v) is 7.16. The molecule has 2 heterocycles. The van der Waals surface area contributed by atoms with Crippen LogP contribution in [-0.2, 0) is 28.1 Å². The minimum absolute atomic E-state index is 0.150. The van der Waals surface area contributed by atoms with Crippen LogP contribution in [0.5, 0.6) is 0 Å². The van der Waals surface area contributed by atoms with E-state index in [9.17, 15) is 4.79 Å². The largest absolute Gasteiger partial charge is 0.465 e. The minimum Gasteiger partial charge on any atom is -0.465 e. The fourth-order valence-electron chi connectivity index (χ4n) is 3.96. The lowest BCUT2D eigenvalue weighted by Crippen LogP contribution is -2.27. The van der Waals surface area contributed by atoms with Gasteiger partial charge in [-0.3, -0.25) is 9.78 Å². The molecule has 6 heteroatoms. The summed E-state index contributed by atoms with van der Waals surface area (Å²) < 4.78 is 5.55. The molecule has 3 rings (SSSR count). The van der Waals surface area contributed by atoms with E-state index in [4.69, 9.17) is 16.3 Å². The summed E-state index contributed by atoms with van der Waals surface area (Å²) in [6.45, 7) is 10.7. The number of fused-ring (bicyclic) bond motifs is 1. The number of carbonyl (C=O) groups is 1. The highest BCUT2D eigenvalue weighted by molar-refractivity contribution is 7.98. The number of rotatable bonds is 8. The van der Waals surface area contributed by atoms with Crippen molar-refractivity contribution in [2.45, 2.75) is 69.9 Å². The number of nitrogens with zero attached hydrogens (tertiary/aromatic N) is 1. The van der Waals surface area contributed by atoms with Gasteiger partial charge in [-0.1, -0.05) is 57.8 Å². The first-order valence-electron chi connectivity index (χ1n) is 11.5. The number of nitrogens with one attached hydrogen (secondary N) is 1. The highest BCUT2D eigenvalue weighted by Crippen LogP contribution is 2.38. The lowest BCUT2D eigenvalue weighted by Gasteiger charge is -2.19. The summed E-state index contributed by atoms with van der Waals surface area (Å²) in [6.07, 6.45) is 5.74. The van der Waals surface area contributed by atoms with Gasteiger partial charge in [0, 0.05) is 23.4 Å². The first-order valence-corrected chi connectivity index (χ1v) is 12.9. The molecule has 1 aliphatic rings. The first-order chi connectivity index (χ1) is 15.3. The second kappa shape index (κ2) is 11.5. The fraction of sp³-hybridized carbons (Fsp3) is 0.538. The Morgan fingerprint density at radius 3 is 2.78 bits per heavy atom. The van der Waals surface area contributed by atoms with Gasteiger partial charge >= 0.3 is 5.97 Å². The number of benzene rings is 1. The zero-order valence-corrected chi connectivity index (χ0v) is 21.2. The van der Waals surface area contributed by atoms with E-state index in [-0.39, 0.29) is 17.3 Å². The van der Waals surface area contributed by atoms with Crippen LogP contribution < -0.4 is 5.32 Å². The Morgan fingerprint density at radius 2 is 2.09 bits per heavy atom. The number of unbranched alkanes of at least 4 members (excludes halogenated alkanes) is 1. The van der Waals surface area contributed by atoms with Crippen LogP contribution in [0.3, 0.4) is 0 Å². The van der Waals surface area contributed by atoms with E-state index < -0.39 is 0 Å². The number of hydrogen-bond acceptors (Lipinski definition) is 5. The minimum atomic E-state index is -0.296. The van der Waals surface area contributed by atoms with E-state index in [2.05, 4.69) is 50.1 Å². The van der Waals surface area contributed by atoms with Crippen molar-refractivity contribution in [1.29, 1.82) is 0 Å². The molecule has 1 unspecified atom stereocenters. The standard InChI is InChI=1S/C26H35ClN2O2S/c1-5-6-13-31-25(30)22-16-28-12-11-21-20(22)9-10-23(27)24(21)32-17-19-8-7-18(15-29-19)14-26(2,3)4/h7-10,15,22,28H,5-6,11-14,16-17H2,1-4H3. The van der Waals surface area contributed by atoms with Gasteiger partial charge in [0.15, 0.2) is 0 Å². The van der Waals surface area contributed by atoms with Crippen LogP contribution in [0.2, 0.25) is 5.02 Å². The zero-order valence-electron chi connectivity index (χ0n) is 19.7. The molecular weight excluding hydrogens is 440 g/mol. The number of halogens is 1. The molecule has 0 amide bonds. The lowest BCUT2D eigenvalue weighted by molar-refractivity contribution is -0.145. The molecule has 1 aliphatic heterocycles. The molecule has 0 bridgehead atoms. The predicted octanol–water partition coefficient (Wildman–Crippen LogP) is 6.19. The molecule has 1 aromatic carbocycles. The SMILES string of the molecule is CCCCOC(=O)C1CNCCc2c1ccc(Cl)c2SCc1ccc(CC(C)(C)C)cn1. The molecule has 0 aliphatic carbocycles. The smallest absolute Gasteiger partial charge is 0.314 e. The van der Waals surface area contributed by atoms with Crippen molar-refractivity contribution in [2.75, 3.05) is 19.7 Å². The zero-order chi connectivity index (χ0) is 23.1. The van der Waals surface area contributed by atoms with Crippen molar-refractivity contribution in [3.63, 3.8) is 0 Å². The molecule has 0 saturated carbocycles. The van der Waals surface area contributed by atoms with E-state index in [1.54, 1.807) is 11.8 Å². The second-order valence-electron chi connectivity index (χ2n) is 9.66. The van der Waals surface area contributed by atoms with Crippen molar-refractivity contribution < 1.29 is 9.53 Å². The molecular formula is C26H35ClN2O2S. The summed E-state index contributed by atoms with van der Waals surface area (Å²) in [5, 5.41) is 4.13. The van der Waals surface area contributed by atoms with Crippen molar-refractivity contribution in [3.05, 3.63) is 57.9 Å². The van der Waals surface area contributed by atoms with Gasteiger partial charge in [-0.25, -0.2) is 0 Å². The van der Waals surface area contributed by atoms with E-state index in [0.717, 1.165) is 64.7 Å². The van der Waals surface area contributed by atoms with Crippen molar-refractivity contribution in [3.8, 4) is 0 Å². The summed E-state index contributed by atoms with van der Waals surface area (Å²) in [6, 6.07) is 8.20. The quantitative estimate of drug-likeness (QED) is 0.281. The summed E-state index contributed by atoms with van der Waals surface area (Å²) in [7, 11) is 0. The van der Waals surface area contributed by atoms with Crippen LogP contribution >= 0.6 is 23.4 Å². The lowest BCUT2D eigenvalue weighted by atomic mass is 9.89. The average Bonchev–Trinajstić information content (AvgIpc) is 2.96. The number of esters is 1. The van der Waals surface area contributed by atoms with Gasteiger partial charge in [0.1, 0.15) is 0 Å². The molecule has 174 valence electrons. The van der Waals surface area contributed by atoms with Crippen LogP contribution in [0, 0.1) is 5.41 Å². The molecule has 32 heavy (non-hydrogen) atoms. The molecule has 1 aromatic heterocycles. The number of carbonyl (C=O) groups excluding carboxylic acids is 1. The molecule has 0 radical (unpaired) electrons. The van der Waals surface area contributed by atoms with Gasteiger partial charge in [-0.15, -0.1) is 11.8 Å². The topological polar surface area (TPSA) is 51.2 Å². The van der Waals surface area contributed by atoms with E-state index in [0.29, 0.717) is 13.2 Å². The van der Waals surface area contributed by atoms with Gasteiger partial charge in [0.05, 0.1) is 23.2 Å². The Labute approximate surface area is 201 Å². The van der Waals surface area contributed by atoms with Crippen LogP contribution in [0.25, 0.3) is 0 Å². The Hall–Kier alpha value is -1.56. The monoisotopic (exact) mass is 474 g/mol. The number of hydrogen-bond donors (Lipinski definition) is 1. The van der Waals surface area contributed by atoms with E-state index in [1.807, 2.05) is 18.3 Å². The molecule has 1 atom stereocenters. The number of aromatic nitrogens is 1. The highest BCUT2D eigenvalue weighted by atomic mass is 35.5. The highest BCUT2D eigenvalue weighted by Gasteiger charge is 2.28. The fourth-order valence-corrected chi connectivity index (χ4v) is 5.36.